The van der Waals surface area contributed by atoms with Crippen LogP contribution in [-0.4, -0.2) is 42.8 Å². The molecule has 5 rings (SSSR count). The van der Waals surface area contributed by atoms with Crippen LogP contribution in [0.15, 0.2) is 62.6 Å². The lowest BCUT2D eigenvalue weighted by Gasteiger charge is -2.30. The molecule has 1 aromatic heterocycles. The minimum atomic E-state index is -3.61. The van der Waals surface area contributed by atoms with E-state index in [9.17, 15) is 18.0 Å². The van der Waals surface area contributed by atoms with Crippen LogP contribution in [0.2, 0.25) is 0 Å². The summed E-state index contributed by atoms with van der Waals surface area (Å²) in [6.07, 6.45) is 6.22. The molecule has 9 heteroatoms. The highest BCUT2D eigenvalue weighted by molar-refractivity contribution is 7.89. The second kappa shape index (κ2) is 9.62. The zero-order valence-corrected chi connectivity index (χ0v) is 20.6. The van der Waals surface area contributed by atoms with E-state index in [2.05, 4.69) is 17.4 Å². The number of nitrogens with one attached hydrogen (secondary N) is 1. The summed E-state index contributed by atoms with van der Waals surface area (Å²) in [4.78, 5) is 25.3. The fourth-order valence-electron chi connectivity index (χ4n) is 5.48. The van der Waals surface area contributed by atoms with E-state index in [-0.39, 0.29) is 34.8 Å². The Kier molecular flexibility index (Phi) is 6.55. The molecule has 8 nitrogen and oxygen atoms in total. The first-order valence-corrected chi connectivity index (χ1v) is 13.8. The number of rotatable bonds is 8. The topological polar surface area (TPSA) is 102 Å². The first kappa shape index (κ1) is 23.8. The lowest BCUT2D eigenvalue weighted by Crippen LogP contribution is -2.39. The van der Waals surface area contributed by atoms with Crippen molar-refractivity contribution in [2.75, 3.05) is 19.6 Å². The Morgan fingerprint density at radius 3 is 2.43 bits per heavy atom. The molecule has 1 aliphatic heterocycles. The van der Waals surface area contributed by atoms with Gasteiger partial charge < -0.3 is 9.73 Å². The number of carbonyl (C=O) groups excluding carboxylic acids is 1. The van der Waals surface area contributed by atoms with Gasteiger partial charge in [0.1, 0.15) is 0 Å². The summed E-state index contributed by atoms with van der Waals surface area (Å²) in [6.45, 7) is 1.75. The number of benzene rings is 2. The average molecular weight is 498 g/mol. The van der Waals surface area contributed by atoms with E-state index in [4.69, 9.17) is 4.42 Å². The van der Waals surface area contributed by atoms with E-state index >= 15 is 0 Å². The molecule has 2 heterocycles. The van der Waals surface area contributed by atoms with Crippen molar-refractivity contribution in [3.8, 4) is 0 Å². The van der Waals surface area contributed by atoms with E-state index < -0.39 is 15.8 Å². The number of nitrogens with zero attached hydrogens (tertiary/aromatic N) is 2. The number of aryl methyl sites for hydroxylation is 1. The predicted molar refractivity (Wildman–Crippen MR) is 133 cm³/mol. The van der Waals surface area contributed by atoms with Crippen molar-refractivity contribution in [3.63, 3.8) is 0 Å². The van der Waals surface area contributed by atoms with Crippen molar-refractivity contribution in [2.24, 2.45) is 0 Å². The van der Waals surface area contributed by atoms with Gasteiger partial charge in [-0.15, -0.1) is 0 Å². The van der Waals surface area contributed by atoms with Gasteiger partial charge in [-0.3, -0.25) is 9.36 Å². The largest absolute Gasteiger partial charge is 0.419 e. The van der Waals surface area contributed by atoms with Crippen molar-refractivity contribution in [2.45, 2.75) is 61.8 Å². The number of carbonyl (C=O) groups is 1. The van der Waals surface area contributed by atoms with E-state index in [1.807, 2.05) is 18.2 Å². The predicted octanol–water partition coefficient (Wildman–Crippen LogP) is 3.40. The first-order valence-electron chi connectivity index (χ1n) is 12.3. The number of aromatic nitrogens is 1. The van der Waals surface area contributed by atoms with Crippen molar-refractivity contribution >= 4 is 27.0 Å². The molecule has 0 unspecified atom stereocenters. The molecule has 1 amide bonds. The number of sulfonamides is 1. The summed E-state index contributed by atoms with van der Waals surface area (Å²) in [5, 5.41) is 3.08. The quantitative estimate of drug-likeness (QED) is 0.514. The molecule has 2 aromatic carbocycles. The maximum atomic E-state index is 12.8. The van der Waals surface area contributed by atoms with Crippen LogP contribution < -0.4 is 11.1 Å². The third-order valence-corrected chi connectivity index (χ3v) is 9.37. The lowest BCUT2D eigenvalue weighted by molar-refractivity contribution is -0.121. The van der Waals surface area contributed by atoms with Crippen LogP contribution in [0.3, 0.4) is 0 Å². The van der Waals surface area contributed by atoms with Gasteiger partial charge in [0.05, 0.1) is 10.4 Å². The Hall–Kier alpha value is -2.91. The molecule has 0 radical (unpaired) electrons. The van der Waals surface area contributed by atoms with Crippen molar-refractivity contribution in [1.82, 2.24) is 14.2 Å². The van der Waals surface area contributed by atoms with Crippen molar-refractivity contribution in [3.05, 3.63) is 64.6 Å². The van der Waals surface area contributed by atoms with Gasteiger partial charge in [-0.25, -0.2) is 13.2 Å². The lowest BCUT2D eigenvalue weighted by atomic mass is 9.79. The van der Waals surface area contributed by atoms with E-state index in [0.717, 1.165) is 38.5 Å². The van der Waals surface area contributed by atoms with Crippen LogP contribution in [0.25, 0.3) is 11.1 Å². The van der Waals surface area contributed by atoms with Gasteiger partial charge in [0.2, 0.25) is 15.9 Å². The zero-order chi connectivity index (χ0) is 24.5. The highest BCUT2D eigenvalue weighted by atomic mass is 32.2. The minimum Gasteiger partial charge on any atom is -0.408 e. The molecule has 1 N–H and O–H groups in total. The number of hydrogen-bond acceptors (Lipinski definition) is 5. The maximum Gasteiger partial charge on any atom is 0.419 e. The SMILES string of the molecule is O=C(CCn1c(=O)oc2cc(S(=O)(=O)N3CCCC3)ccc21)NCC1(c2ccccc2)CCCC1. The average Bonchev–Trinajstić information content (AvgIpc) is 3.62. The summed E-state index contributed by atoms with van der Waals surface area (Å²) in [5.74, 6) is -0.721. The highest BCUT2D eigenvalue weighted by Crippen LogP contribution is 2.40. The second-order valence-electron chi connectivity index (χ2n) is 9.64. The summed E-state index contributed by atoms with van der Waals surface area (Å²) in [5.41, 5.74) is 1.92. The molecule has 1 aliphatic carbocycles. The van der Waals surface area contributed by atoms with Crippen LogP contribution in [0.4, 0.5) is 0 Å². The van der Waals surface area contributed by atoms with E-state index in [0.29, 0.717) is 25.2 Å². The number of hydrogen-bond donors (Lipinski definition) is 1. The molecule has 2 fully saturated rings. The van der Waals surface area contributed by atoms with Gasteiger partial charge in [0, 0.05) is 44.1 Å². The Balaban J connectivity index is 1.26. The third kappa shape index (κ3) is 4.67. The standard InChI is InChI=1S/C26H31N3O5S/c30-24(27-19-26(13-4-5-14-26)20-8-2-1-3-9-20)12-17-29-22-11-10-21(18-23(22)34-25(29)31)35(32,33)28-15-6-7-16-28/h1-3,8-11,18H,4-7,12-17,19H2,(H,27,30). The molecular formula is C26H31N3O5S. The summed E-state index contributed by atoms with van der Waals surface area (Å²) in [7, 11) is -3.61. The van der Waals surface area contributed by atoms with Crippen LogP contribution in [0.1, 0.15) is 50.5 Å². The molecule has 0 bridgehead atoms. The summed E-state index contributed by atoms with van der Waals surface area (Å²) < 4.78 is 33.9. The summed E-state index contributed by atoms with van der Waals surface area (Å²) in [6, 6.07) is 14.8. The maximum absolute atomic E-state index is 12.8. The Morgan fingerprint density at radius 2 is 1.71 bits per heavy atom. The smallest absolute Gasteiger partial charge is 0.408 e. The van der Waals surface area contributed by atoms with Gasteiger partial charge >= 0.3 is 5.76 Å². The molecule has 3 aromatic rings. The molecule has 1 saturated carbocycles. The Bertz CT molecular complexity index is 1360. The first-order chi connectivity index (χ1) is 16.9. The van der Waals surface area contributed by atoms with Crippen LogP contribution >= 0.6 is 0 Å². The van der Waals surface area contributed by atoms with E-state index in [1.165, 1.54) is 26.6 Å². The molecule has 0 spiro atoms. The van der Waals surface area contributed by atoms with Crippen LogP contribution in [0, 0.1) is 0 Å². The molecule has 1 saturated heterocycles. The Labute approximate surface area is 205 Å². The van der Waals surface area contributed by atoms with Crippen LogP contribution in [0.5, 0.6) is 0 Å². The fourth-order valence-corrected chi connectivity index (χ4v) is 7.01. The molecule has 0 atom stereocenters. The molecule has 35 heavy (non-hydrogen) atoms. The van der Waals surface area contributed by atoms with Gasteiger partial charge in [0.25, 0.3) is 0 Å². The molecule has 186 valence electrons. The zero-order valence-electron chi connectivity index (χ0n) is 19.7. The van der Waals surface area contributed by atoms with Crippen molar-refractivity contribution < 1.29 is 17.6 Å². The van der Waals surface area contributed by atoms with Gasteiger partial charge in [-0.1, -0.05) is 43.2 Å². The second-order valence-corrected chi connectivity index (χ2v) is 11.6. The van der Waals surface area contributed by atoms with Gasteiger partial charge in [0.15, 0.2) is 5.58 Å². The van der Waals surface area contributed by atoms with Gasteiger partial charge in [-0.05, 0) is 43.4 Å². The van der Waals surface area contributed by atoms with Gasteiger partial charge in [-0.2, -0.15) is 4.31 Å². The fraction of sp³-hybridized carbons (Fsp3) is 0.462. The molecule has 2 aliphatic rings. The van der Waals surface area contributed by atoms with E-state index in [1.54, 1.807) is 6.07 Å². The molecular weight excluding hydrogens is 466 g/mol. The monoisotopic (exact) mass is 497 g/mol. The normalized spacial score (nSPS) is 18.3. The third-order valence-electron chi connectivity index (χ3n) is 7.48. The number of amides is 1. The number of fused-ring (bicyclic) bond motifs is 1. The summed E-state index contributed by atoms with van der Waals surface area (Å²) >= 11 is 0. The minimum absolute atomic E-state index is 0.0344. The van der Waals surface area contributed by atoms with Crippen molar-refractivity contribution in [1.29, 1.82) is 0 Å². The van der Waals surface area contributed by atoms with Crippen LogP contribution in [-0.2, 0) is 26.8 Å². The Morgan fingerprint density at radius 1 is 1.00 bits per heavy atom. The number of oxazole rings is 1. The highest BCUT2D eigenvalue weighted by Gasteiger charge is 2.35.